The molecule has 2 aromatic carbocycles. The zero-order chi connectivity index (χ0) is 19.2. The number of carbonyl (C=O) groups is 1. The Morgan fingerprint density at radius 3 is 2.81 bits per heavy atom. The summed E-state index contributed by atoms with van der Waals surface area (Å²) in [6.07, 6.45) is 0.867. The molecule has 1 amide bonds. The van der Waals surface area contributed by atoms with E-state index in [9.17, 15) is 4.79 Å². The summed E-state index contributed by atoms with van der Waals surface area (Å²) in [7, 11) is 0. The lowest BCUT2D eigenvalue weighted by Crippen LogP contribution is -2.25. The van der Waals surface area contributed by atoms with Crippen LogP contribution in [0.2, 0.25) is 5.02 Å². The summed E-state index contributed by atoms with van der Waals surface area (Å²) in [5, 5.41) is 10.6. The molecule has 0 aliphatic rings. The Bertz CT molecular complexity index is 939. The molecular formula is C20H21ClN4O2. The number of aryl methyl sites for hydroxylation is 1. The summed E-state index contributed by atoms with van der Waals surface area (Å²) in [5.74, 6) is 0.812. The fraction of sp³-hybridized carbons (Fsp3) is 0.250. The normalized spacial score (nSPS) is 10.6. The Morgan fingerprint density at radius 1 is 1.22 bits per heavy atom. The maximum absolute atomic E-state index is 12.3. The number of anilines is 1. The minimum atomic E-state index is -0.151. The standard InChI is InChI=1S/C20H21ClN4O2/c1-3-10-22-20(26)16-9-8-14(21)11-17(16)23-12-18-24-19(25-27-18)15-7-5-4-6-13(15)2/h4-9,11,23H,3,10,12H2,1-2H3,(H,22,26). The van der Waals surface area contributed by atoms with Crippen molar-refractivity contribution in [3.63, 3.8) is 0 Å². The number of benzene rings is 2. The van der Waals surface area contributed by atoms with Crippen molar-refractivity contribution in [2.24, 2.45) is 0 Å². The third kappa shape index (κ3) is 4.65. The lowest BCUT2D eigenvalue weighted by molar-refractivity contribution is 0.0954. The number of nitrogens with one attached hydrogen (secondary N) is 2. The van der Waals surface area contributed by atoms with E-state index in [1.165, 1.54) is 0 Å². The van der Waals surface area contributed by atoms with Gasteiger partial charge in [0.1, 0.15) is 0 Å². The highest BCUT2D eigenvalue weighted by molar-refractivity contribution is 6.31. The number of halogens is 1. The van der Waals surface area contributed by atoms with Crippen LogP contribution in [-0.2, 0) is 6.54 Å². The average molecular weight is 385 g/mol. The highest BCUT2D eigenvalue weighted by Gasteiger charge is 2.14. The first-order chi connectivity index (χ1) is 13.1. The van der Waals surface area contributed by atoms with Gasteiger partial charge in [-0.2, -0.15) is 4.98 Å². The molecule has 27 heavy (non-hydrogen) atoms. The molecule has 0 aliphatic heterocycles. The molecule has 0 bridgehead atoms. The summed E-state index contributed by atoms with van der Waals surface area (Å²) in [6.45, 7) is 4.90. The molecule has 3 rings (SSSR count). The van der Waals surface area contributed by atoms with Gasteiger partial charge in [0.2, 0.25) is 11.7 Å². The van der Waals surface area contributed by atoms with Gasteiger partial charge < -0.3 is 15.2 Å². The van der Waals surface area contributed by atoms with E-state index in [-0.39, 0.29) is 12.5 Å². The second-order valence-corrected chi connectivity index (χ2v) is 6.56. The van der Waals surface area contributed by atoms with Crippen molar-refractivity contribution in [3.8, 4) is 11.4 Å². The van der Waals surface area contributed by atoms with Crippen LogP contribution in [0.5, 0.6) is 0 Å². The van der Waals surface area contributed by atoms with Gasteiger partial charge in [0.15, 0.2) is 0 Å². The summed E-state index contributed by atoms with van der Waals surface area (Å²) >= 11 is 6.09. The van der Waals surface area contributed by atoms with Gasteiger partial charge >= 0.3 is 0 Å². The Morgan fingerprint density at radius 2 is 2.04 bits per heavy atom. The van der Waals surface area contributed by atoms with E-state index in [1.807, 2.05) is 38.1 Å². The van der Waals surface area contributed by atoms with Crippen molar-refractivity contribution >= 4 is 23.2 Å². The summed E-state index contributed by atoms with van der Waals surface area (Å²) < 4.78 is 5.33. The Kier molecular flexibility index (Phi) is 6.08. The molecule has 7 heteroatoms. The summed E-state index contributed by atoms with van der Waals surface area (Å²) in [4.78, 5) is 16.8. The van der Waals surface area contributed by atoms with Crippen LogP contribution in [0.15, 0.2) is 47.0 Å². The first kappa shape index (κ1) is 18.9. The number of hydrogen-bond donors (Lipinski definition) is 2. The first-order valence-electron chi connectivity index (χ1n) is 8.78. The van der Waals surface area contributed by atoms with E-state index < -0.39 is 0 Å². The van der Waals surface area contributed by atoms with E-state index in [2.05, 4.69) is 20.8 Å². The molecule has 0 unspecified atom stereocenters. The largest absolute Gasteiger partial charge is 0.375 e. The van der Waals surface area contributed by atoms with Crippen molar-refractivity contribution in [1.29, 1.82) is 0 Å². The van der Waals surface area contributed by atoms with Gasteiger partial charge in [0.25, 0.3) is 5.91 Å². The molecule has 0 atom stereocenters. The van der Waals surface area contributed by atoms with Gasteiger partial charge in [-0.1, -0.05) is 47.9 Å². The van der Waals surface area contributed by atoms with Crippen molar-refractivity contribution in [2.45, 2.75) is 26.8 Å². The van der Waals surface area contributed by atoms with Crippen LogP contribution >= 0.6 is 11.6 Å². The van der Waals surface area contributed by atoms with Crippen molar-refractivity contribution in [3.05, 3.63) is 64.5 Å². The molecule has 1 aromatic heterocycles. The van der Waals surface area contributed by atoms with Crippen molar-refractivity contribution in [1.82, 2.24) is 15.5 Å². The number of amides is 1. The molecule has 1 heterocycles. The van der Waals surface area contributed by atoms with Gasteiger partial charge in [0.05, 0.1) is 12.1 Å². The number of nitrogens with zero attached hydrogens (tertiary/aromatic N) is 2. The maximum Gasteiger partial charge on any atom is 0.253 e. The second-order valence-electron chi connectivity index (χ2n) is 6.13. The minimum absolute atomic E-state index is 0.151. The lowest BCUT2D eigenvalue weighted by atomic mass is 10.1. The van der Waals surface area contributed by atoms with Crippen LogP contribution in [0.4, 0.5) is 5.69 Å². The van der Waals surface area contributed by atoms with Gasteiger partial charge in [-0.25, -0.2) is 0 Å². The molecule has 6 nitrogen and oxygen atoms in total. The van der Waals surface area contributed by atoms with E-state index in [1.54, 1.807) is 18.2 Å². The summed E-state index contributed by atoms with van der Waals surface area (Å²) in [6, 6.07) is 12.9. The van der Waals surface area contributed by atoms with Crippen LogP contribution in [0.3, 0.4) is 0 Å². The van der Waals surface area contributed by atoms with Crippen LogP contribution in [0, 0.1) is 6.92 Å². The van der Waals surface area contributed by atoms with Gasteiger partial charge in [-0.15, -0.1) is 0 Å². The third-order valence-corrected chi connectivity index (χ3v) is 4.28. The molecular weight excluding hydrogens is 364 g/mol. The van der Waals surface area contributed by atoms with Gasteiger partial charge in [0, 0.05) is 22.8 Å². The molecule has 0 radical (unpaired) electrons. The fourth-order valence-electron chi connectivity index (χ4n) is 2.63. The fourth-order valence-corrected chi connectivity index (χ4v) is 2.80. The average Bonchev–Trinajstić information content (AvgIpc) is 3.13. The highest BCUT2D eigenvalue weighted by Crippen LogP contribution is 2.23. The maximum atomic E-state index is 12.3. The van der Waals surface area contributed by atoms with Crippen LogP contribution in [0.25, 0.3) is 11.4 Å². The second kappa shape index (κ2) is 8.68. The molecule has 0 saturated heterocycles. The van der Waals surface area contributed by atoms with Crippen molar-refractivity contribution in [2.75, 3.05) is 11.9 Å². The molecule has 3 aromatic rings. The Balaban J connectivity index is 1.75. The molecule has 0 fully saturated rings. The number of aromatic nitrogens is 2. The Labute approximate surface area is 162 Å². The lowest BCUT2D eigenvalue weighted by Gasteiger charge is -2.11. The van der Waals surface area contributed by atoms with Crippen LogP contribution in [-0.4, -0.2) is 22.6 Å². The van der Waals surface area contributed by atoms with Gasteiger partial charge in [-0.3, -0.25) is 4.79 Å². The van der Waals surface area contributed by atoms with Crippen molar-refractivity contribution < 1.29 is 9.32 Å². The number of hydrogen-bond acceptors (Lipinski definition) is 5. The van der Waals surface area contributed by atoms with Crippen LogP contribution in [0.1, 0.15) is 35.2 Å². The molecule has 0 saturated carbocycles. The quantitative estimate of drug-likeness (QED) is 0.629. The molecule has 2 N–H and O–H groups in total. The predicted octanol–water partition coefficient (Wildman–Crippen LogP) is 4.45. The minimum Gasteiger partial charge on any atom is -0.375 e. The predicted molar refractivity (Wildman–Crippen MR) is 106 cm³/mol. The topological polar surface area (TPSA) is 80.0 Å². The smallest absolute Gasteiger partial charge is 0.253 e. The molecule has 0 spiro atoms. The van der Waals surface area contributed by atoms with E-state index in [0.717, 1.165) is 17.5 Å². The zero-order valence-electron chi connectivity index (χ0n) is 15.3. The van der Waals surface area contributed by atoms with Gasteiger partial charge in [-0.05, 0) is 37.1 Å². The number of rotatable bonds is 7. The third-order valence-electron chi connectivity index (χ3n) is 4.05. The van der Waals surface area contributed by atoms with E-state index in [0.29, 0.717) is 34.5 Å². The Hall–Kier alpha value is -2.86. The van der Waals surface area contributed by atoms with Crippen LogP contribution < -0.4 is 10.6 Å². The molecule has 0 aliphatic carbocycles. The number of carbonyl (C=O) groups excluding carboxylic acids is 1. The van der Waals surface area contributed by atoms with E-state index in [4.69, 9.17) is 16.1 Å². The zero-order valence-corrected chi connectivity index (χ0v) is 16.0. The summed E-state index contributed by atoms with van der Waals surface area (Å²) in [5.41, 5.74) is 3.13. The SMILES string of the molecule is CCCNC(=O)c1ccc(Cl)cc1NCc1nc(-c2ccccc2C)no1. The highest BCUT2D eigenvalue weighted by atomic mass is 35.5. The van der Waals surface area contributed by atoms with E-state index >= 15 is 0 Å². The first-order valence-corrected chi connectivity index (χ1v) is 9.16. The molecule has 140 valence electrons. The monoisotopic (exact) mass is 384 g/mol.